The molecule has 7 nitrogen and oxygen atoms in total. The maximum absolute atomic E-state index is 12.1. The number of aliphatic carboxylic acids is 1. The van der Waals surface area contributed by atoms with Gasteiger partial charge in [0.05, 0.1) is 0 Å². The number of carboxylic acid groups (broad SMARTS) is 1. The van der Waals surface area contributed by atoms with Crippen LogP contribution in [0, 0.1) is 0 Å². The summed E-state index contributed by atoms with van der Waals surface area (Å²) in [6, 6.07) is 4.90. The molecule has 0 saturated carbocycles. The maximum Gasteiger partial charge on any atom is 0.573 e. The normalized spacial score (nSPS) is 17.2. The number of sulfonamides is 1. The molecule has 0 bridgehead atoms. The van der Waals surface area contributed by atoms with Gasteiger partial charge in [-0.05, 0) is 37.1 Å². The van der Waals surface area contributed by atoms with Crippen molar-refractivity contribution in [2.24, 2.45) is 0 Å². The largest absolute Gasteiger partial charge is 0.573 e. The number of hydrogen-bond donors (Lipinski definition) is 1. The number of carboxylic acids is 1. The molecule has 0 unspecified atom stereocenters. The van der Waals surface area contributed by atoms with Crippen LogP contribution < -0.4 is 9.47 Å². The summed E-state index contributed by atoms with van der Waals surface area (Å²) in [6.45, 7) is 0.241. The molecule has 1 aromatic rings. The molecule has 0 spiro atoms. The Morgan fingerprint density at radius 2 is 1.68 bits per heavy atom. The van der Waals surface area contributed by atoms with E-state index in [9.17, 15) is 26.4 Å². The Labute approximate surface area is 142 Å². The van der Waals surface area contributed by atoms with Crippen LogP contribution in [0.3, 0.4) is 0 Å². The molecule has 11 heteroatoms. The van der Waals surface area contributed by atoms with E-state index in [1.165, 1.54) is 12.1 Å². The fourth-order valence-electron chi connectivity index (χ4n) is 2.39. The van der Waals surface area contributed by atoms with E-state index in [0.717, 1.165) is 16.4 Å². The molecule has 1 aromatic carbocycles. The van der Waals surface area contributed by atoms with E-state index in [0.29, 0.717) is 18.6 Å². The molecule has 0 atom stereocenters. The van der Waals surface area contributed by atoms with Crippen molar-refractivity contribution in [2.45, 2.75) is 25.3 Å². The van der Waals surface area contributed by atoms with Crippen LogP contribution in [0.1, 0.15) is 12.8 Å². The molecule has 2 rings (SSSR count). The second-order valence-corrected chi connectivity index (χ2v) is 7.35. The van der Waals surface area contributed by atoms with Crippen LogP contribution in [0.4, 0.5) is 13.2 Å². The molecule has 0 aliphatic carbocycles. The Kier molecular flexibility index (Phi) is 5.78. The van der Waals surface area contributed by atoms with Crippen molar-refractivity contribution < 1.29 is 41.0 Å². The Morgan fingerprint density at radius 3 is 2.16 bits per heavy atom. The molecule has 0 amide bonds. The number of ether oxygens (including phenoxy) is 2. The van der Waals surface area contributed by atoms with Crippen molar-refractivity contribution in [3.8, 4) is 11.5 Å². The maximum atomic E-state index is 12.1. The lowest BCUT2D eigenvalue weighted by Gasteiger charge is -2.31. The highest BCUT2D eigenvalue weighted by atomic mass is 32.2. The highest BCUT2D eigenvalue weighted by molar-refractivity contribution is 7.89. The second-order valence-electron chi connectivity index (χ2n) is 5.39. The van der Waals surface area contributed by atoms with Crippen molar-refractivity contribution in [3.05, 3.63) is 24.3 Å². The van der Waals surface area contributed by atoms with Crippen molar-refractivity contribution in [3.63, 3.8) is 0 Å². The zero-order chi connectivity index (χ0) is 18.7. The predicted octanol–water partition coefficient (Wildman–Crippen LogP) is 1.84. The quantitative estimate of drug-likeness (QED) is 0.806. The smallest absolute Gasteiger partial charge is 0.490 e. The van der Waals surface area contributed by atoms with Crippen LogP contribution >= 0.6 is 0 Å². The SMILES string of the molecule is O=C(O)CS(=O)(=O)N1CCC(Oc2ccc(OC(F)(F)F)cc2)CC1. The third kappa shape index (κ3) is 6.09. The van der Waals surface area contributed by atoms with Gasteiger partial charge in [-0.2, -0.15) is 0 Å². The zero-order valence-corrected chi connectivity index (χ0v) is 13.7. The topological polar surface area (TPSA) is 93.1 Å². The van der Waals surface area contributed by atoms with E-state index in [2.05, 4.69) is 4.74 Å². The monoisotopic (exact) mass is 383 g/mol. The van der Waals surface area contributed by atoms with Crippen molar-refractivity contribution in [2.75, 3.05) is 18.8 Å². The third-order valence-corrected chi connectivity index (χ3v) is 5.22. The molecular weight excluding hydrogens is 367 g/mol. The van der Waals surface area contributed by atoms with E-state index < -0.39 is 28.1 Å². The number of rotatable bonds is 6. The van der Waals surface area contributed by atoms with Gasteiger partial charge in [-0.1, -0.05) is 0 Å². The molecule has 140 valence electrons. The lowest BCUT2D eigenvalue weighted by molar-refractivity contribution is -0.274. The fraction of sp³-hybridized carbons (Fsp3) is 0.500. The number of carbonyl (C=O) groups is 1. The van der Waals surface area contributed by atoms with Crippen LogP contribution in [-0.2, 0) is 14.8 Å². The number of benzene rings is 1. The van der Waals surface area contributed by atoms with Gasteiger partial charge < -0.3 is 14.6 Å². The van der Waals surface area contributed by atoms with Gasteiger partial charge in [-0.3, -0.25) is 4.79 Å². The van der Waals surface area contributed by atoms with E-state index >= 15 is 0 Å². The first-order valence-corrected chi connectivity index (χ1v) is 8.88. The summed E-state index contributed by atoms with van der Waals surface area (Å²) in [5, 5.41) is 8.61. The first-order chi connectivity index (χ1) is 11.5. The molecule has 1 aliphatic rings. The summed E-state index contributed by atoms with van der Waals surface area (Å²) in [5.41, 5.74) is 0. The minimum Gasteiger partial charge on any atom is -0.490 e. The highest BCUT2D eigenvalue weighted by Gasteiger charge is 2.32. The summed E-state index contributed by atoms with van der Waals surface area (Å²) in [4.78, 5) is 10.6. The van der Waals surface area contributed by atoms with Gasteiger partial charge in [0.1, 0.15) is 17.6 Å². The number of piperidine rings is 1. The summed E-state index contributed by atoms with van der Waals surface area (Å²) >= 11 is 0. The van der Waals surface area contributed by atoms with Crippen molar-refractivity contribution in [1.29, 1.82) is 0 Å². The molecule has 1 fully saturated rings. The lowest BCUT2D eigenvalue weighted by Crippen LogP contribution is -2.43. The average Bonchev–Trinajstić information content (AvgIpc) is 2.47. The summed E-state index contributed by atoms with van der Waals surface area (Å²) in [5.74, 6) is -2.41. The molecule has 1 heterocycles. The predicted molar refractivity (Wildman–Crippen MR) is 79.8 cm³/mol. The highest BCUT2D eigenvalue weighted by Crippen LogP contribution is 2.26. The standard InChI is InChI=1S/C14H16F3NO6S/c15-14(16,17)24-12-3-1-10(2-4-12)23-11-5-7-18(8-6-11)25(21,22)9-13(19)20/h1-4,11H,5-9H2,(H,19,20). The molecule has 1 saturated heterocycles. The first kappa shape index (κ1) is 19.3. The summed E-state index contributed by atoms with van der Waals surface area (Å²) < 4.78 is 70.3. The van der Waals surface area contributed by atoms with Gasteiger partial charge >= 0.3 is 12.3 Å². The van der Waals surface area contributed by atoms with E-state index in [-0.39, 0.29) is 24.9 Å². The number of nitrogens with zero attached hydrogens (tertiary/aromatic N) is 1. The van der Waals surface area contributed by atoms with Gasteiger partial charge in [-0.25, -0.2) is 12.7 Å². The Hall–Kier alpha value is -2.01. The van der Waals surface area contributed by atoms with Gasteiger partial charge in [0.15, 0.2) is 5.75 Å². The molecular formula is C14H16F3NO6S. The Bertz CT molecular complexity index is 696. The van der Waals surface area contributed by atoms with Crippen LogP contribution in [-0.4, -0.2) is 55.1 Å². The lowest BCUT2D eigenvalue weighted by atomic mass is 10.1. The van der Waals surface area contributed by atoms with E-state index in [4.69, 9.17) is 9.84 Å². The van der Waals surface area contributed by atoms with Crippen LogP contribution in [0.5, 0.6) is 11.5 Å². The molecule has 1 aliphatic heterocycles. The van der Waals surface area contributed by atoms with Gasteiger partial charge in [0.2, 0.25) is 10.0 Å². The third-order valence-electron chi connectivity index (χ3n) is 3.46. The molecule has 0 radical (unpaired) electrons. The van der Waals surface area contributed by atoms with Crippen LogP contribution in [0.15, 0.2) is 24.3 Å². The van der Waals surface area contributed by atoms with Gasteiger partial charge in [-0.15, -0.1) is 13.2 Å². The molecule has 0 aromatic heterocycles. The number of hydrogen-bond acceptors (Lipinski definition) is 5. The minimum atomic E-state index is -4.77. The van der Waals surface area contributed by atoms with Crippen molar-refractivity contribution >= 4 is 16.0 Å². The van der Waals surface area contributed by atoms with E-state index in [1.54, 1.807) is 0 Å². The summed E-state index contributed by atoms with van der Waals surface area (Å²) in [7, 11) is -3.85. The van der Waals surface area contributed by atoms with Crippen LogP contribution in [0.2, 0.25) is 0 Å². The number of halogens is 3. The Balaban J connectivity index is 1.87. The zero-order valence-electron chi connectivity index (χ0n) is 12.9. The summed E-state index contributed by atoms with van der Waals surface area (Å²) in [6.07, 6.45) is -4.39. The van der Waals surface area contributed by atoms with Crippen molar-refractivity contribution in [1.82, 2.24) is 4.31 Å². The molecule has 1 N–H and O–H groups in total. The average molecular weight is 383 g/mol. The molecule has 25 heavy (non-hydrogen) atoms. The Morgan fingerprint density at radius 1 is 1.16 bits per heavy atom. The van der Waals surface area contributed by atoms with Gasteiger partial charge in [0, 0.05) is 13.1 Å². The van der Waals surface area contributed by atoms with Crippen LogP contribution in [0.25, 0.3) is 0 Å². The fourth-order valence-corrected chi connectivity index (χ4v) is 3.65. The second kappa shape index (κ2) is 7.48. The van der Waals surface area contributed by atoms with Gasteiger partial charge in [0.25, 0.3) is 0 Å². The minimum absolute atomic E-state index is 0.121. The van der Waals surface area contributed by atoms with E-state index in [1.807, 2.05) is 0 Å². The number of alkyl halides is 3. The first-order valence-electron chi connectivity index (χ1n) is 7.27.